The number of benzene rings is 2. The Morgan fingerprint density at radius 3 is 2.67 bits per heavy atom. The quantitative estimate of drug-likeness (QED) is 0.618. The fraction of sp³-hybridized carbons (Fsp3) is 0.143. The number of rotatable bonds is 4. The Morgan fingerprint density at radius 2 is 2.00 bits per heavy atom. The molecular weight excluding hydrogens is 318 g/mol. The minimum Gasteiger partial charge on any atom is -0.373 e. The summed E-state index contributed by atoms with van der Waals surface area (Å²) in [6.45, 7) is 1.78. The Kier molecular flexibility index (Phi) is 4.65. The number of hydrogen-bond donors (Lipinski definition) is 1. The molecule has 0 aliphatic carbocycles. The molecule has 1 atom stereocenters. The van der Waals surface area contributed by atoms with Crippen LogP contribution in [-0.4, -0.2) is 4.92 Å². The predicted octanol–water partition coefficient (Wildman–Crippen LogP) is 5.21. The van der Waals surface area contributed by atoms with Crippen molar-refractivity contribution in [1.29, 1.82) is 0 Å². The summed E-state index contributed by atoms with van der Waals surface area (Å²) < 4.78 is 13.1. The van der Waals surface area contributed by atoms with Crippen LogP contribution in [0.5, 0.6) is 0 Å². The topological polar surface area (TPSA) is 55.2 Å². The molecule has 0 aliphatic heterocycles. The molecule has 0 aromatic heterocycles. The summed E-state index contributed by atoms with van der Waals surface area (Å²) in [7, 11) is 0. The van der Waals surface area contributed by atoms with Crippen molar-refractivity contribution in [3.8, 4) is 0 Å². The lowest BCUT2D eigenvalue weighted by Gasteiger charge is -2.17. The fourth-order valence-electron chi connectivity index (χ4n) is 1.94. The molecule has 21 heavy (non-hydrogen) atoms. The highest BCUT2D eigenvalue weighted by Gasteiger charge is 2.18. The summed E-state index contributed by atoms with van der Waals surface area (Å²) in [5.41, 5.74) is 0.577. The molecular formula is C14H11Cl2FN2O2. The zero-order valence-electron chi connectivity index (χ0n) is 10.9. The molecule has 0 aliphatic rings. The number of hydrogen-bond acceptors (Lipinski definition) is 3. The molecule has 0 spiro atoms. The second-order valence-electron chi connectivity index (χ2n) is 4.43. The largest absolute Gasteiger partial charge is 0.373 e. The molecule has 1 unspecified atom stereocenters. The van der Waals surface area contributed by atoms with Crippen LogP contribution in [0.15, 0.2) is 36.4 Å². The van der Waals surface area contributed by atoms with E-state index in [1.807, 2.05) is 0 Å². The first-order valence-corrected chi connectivity index (χ1v) is 6.80. The van der Waals surface area contributed by atoms with E-state index in [1.54, 1.807) is 25.1 Å². The van der Waals surface area contributed by atoms with Crippen LogP contribution >= 0.6 is 23.2 Å². The maximum Gasteiger partial charge on any atom is 0.295 e. The van der Waals surface area contributed by atoms with Crippen LogP contribution < -0.4 is 5.32 Å². The van der Waals surface area contributed by atoms with E-state index >= 15 is 0 Å². The smallest absolute Gasteiger partial charge is 0.295 e. The van der Waals surface area contributed by atoms with Crippen LogP contribution in [0.2, 0.25) is 10.0 Å². The molecule has 0 bridgehead atoms. The van der Waals surface area contributed by atoms with Gasteiger partial charge in [-0.25, -0.2) is 4.39 Å². The van der Waals surface area contributed by atoms with Crippen molar-refractivity contribution < 1.29 is 9.31 Å². The van der Waals surface area contributed by atoms with Gasteiger partial charge in [-0.15, -0.1) is 0 Å². The van der Waals surface area contributed by atoms with Crippen molar-refractivity contribution in [3.63, 3.8) is 0 Å². The maximum atomic E-state index is 13.1. The number of anilines is 1. The lowest BCUT2D eigenvalue weighted by molar-refractivity contribution is -0.384. The van der Waals surface area contributed by atoms with Crippen molar-refractivity contribution in [2.24, 2.45) is 0 Å². The summed E-state index contributed by atoms with van der Waals surface area (Å²) in [6, 6.07) is 8.17. The van der Waals surface area contributed by atoms with Gasteiger partial charge in [0.15, 0.2) is 0 Å². The van der Waals surface area contributed by atoms with Gasteiger partial charge < -0.3 is 5.32 Å². The van der Waals surface area contributed by atoms with Gasteiger partial charge in [-0.05, 0) is 30.7 Å². The first kappa shape index (κ1) is 15.5. The summed E-state index contributed by atoms with van der Waals surface area (Å²) in [4.78, 5) is 10.3. The van der Waals surface area contributed by atoms with Crippen LogP contribution in [0.4, 0.5) is 15.8 Å². The average Bonchev–Trinajstić information content (AvgIpc) is 2.43. The highest BCUT2D eigenvalue weighted by atomic mass is 35.5. The minimum absolute atomic E-state index is 0.213. The van der Waals surface area contributed by atoms with Crippen LogP contribution in [0.3, 0.4) is 0 Å². The molecule has 0 radical (unpaired) electrons. The van der Waals surface area contributed by atoms with Gasteiger partial charge >= 0.3 is 0 Å². The van der Waals surface area contributed by atoms with E-state index in [-0.39, 0.29) is 17.4 Å². The molecule has 0 amide bonds. The van der Waals surface area contributed by atoms with E-state index in [2.05, 4.69) is 5.32 Å². The van der Waals surface area contributed by atoms with Crippen molar-refractivity contribution in [3.05, 3.63) is 67.9 Å². The van der Waals surface area contributed by atoms with E-state index in [1.165, 1.54) is 6.07 Å². The highest BCUT2D eigenvalue weighted by Crippen LogP contribution is 2.33. The van der Waals surface area contributed by atoms with Crippen molar-refractivity contribution in [1.82, 2.24) is 0 Å². The lowest BCUT2D eigenvalue weighted by Crippen LogP contribution is -2.09. The third-order valence-electron chi connectivity index (χ3n) is 2.98. The lowest BCUT2D eigenvalue weighted by atomic mass is 10.1. The molecule has 0 saturated heterocycles. The van der Waals surface area contributed by atoms with Crippen molar-refractivity contribution >= 4 is 34.6 Å². The first-order chi connectivity index (χ1) is 9.90. The number of nitrogens with zero attached hydrogens (tertiary/aromatic N) is 1. The van der Waals surface area contributed by atoms with Crippen molar-refractivity contribution in [2.45, 2.75) is 13.0 Å². The SMILES string of the molecule is CC(Nc1ccc(F)cc1[N+](=O)[O-])c1cccc(Cl)c1Cl. The van der Waals surface area contributed by atoms with Crippen molar-refractivity contribution in [2.75, 3.05) is 5.32 Å². The van der Waals surface area contributed by atoms with Gasteiger partial charge in [0.05, 0.1) is 27.1 Å². The minimum atomic E-state index is -0.666. The van der Waals surface area contributed by atoms with Crippen LogP contribution in [0.1, 0.15) is 18.5 Å². The van der Waals surface area contributed by atoms with Gasteiger partial charge in [0, 0.05) is 0 Å². The predicted molar refractivity (Wildman–Crippen MR) is 81.6 cm³/mol. The molecule has 4 nitrogen and oxygen atoms in total. The van der Waals surface area contributed by atoms with Crippen LogP contribution in [-0.2, 0) is 0 Å². The molecule has 110 valence electrons. The molecule has 0 heterocycles. The summed E-state index contributed by atoms with van der Waals surface area (Å²) in [6.07, 6.45) is 0. The van der Waals surface area contributed by atoms with Gasteiger partial charge in [0.1, 0.15) is 11.5 Å². The van der Waals surface area contributed by atoms with E-state index in [0.717, 1.165) is 12.1 Å². The third kappa shape index (κ3) is 3.43. The molecule has 2 aromatic carbocycles. The van der Waals surface area contributed by atoms with E-state index in [9.17, 15) is 14.5 Å². The zero-order valence-corrected chi connectivity index (χ0v) is 12.5. The molecule has 2 rings (SSSR count). The summed E-state index contributed by atoms with van der Waals surface area (Å²) in [5, 5.41) is 14.7. The molecule has 2 aromatic rings. The van der Waals surface area contributed by atoms with Crippen LogP contribution in [0.25, 0.3) is 0 Å². The standard InChI is InChI=1S/C14H11Cl2FN2O2/c1-8(10-3-2-4-11(15)14(10)16)18-12-6-5-9(17)7-13(12)19(20)21/h2-8,18H,1H3. The first-order valence-electron chi connectivity index (χ1n) is 6.04. The monoisotopic (exact) mass is 328 g/mol. The van der Waals surface area contributed by atoms with E-state index in [0.29, 0.717) is 15.6 Å². The maximum absolute atomic E-state index is 13.1. The molecule has 0 fully saturated rings. The van der Waals surface area contributed by atoms with Gasteiger partial charge in [0.25, 0.3) is 5.69 Å². The molecule has 1 N–H and O–H groups in total. The number of nitro benzene ring substituents is 1. The van der Waals surface area contributed by atoms with Gasteiger partial charge in [-0.3, -0.25) is 10.1 Å². The second kappa shape index (κ2) is 6.28. The Morgan fingerprint density at radius 1 is 1.29 bits per heavy atom. The van der Waals surface area contributed by atoms with E-state index < -0.39 is 10.7 Å². The normalized spacial score (nSPS) is 12.0. The Balaban J connectivity index is 2.34. The zero-order chi connectivity index (χ0) is 15.6. The van der Waals surface area contributed by atoms with E-state index in [4.69, 9.17) is 23.2 Å². The Hall–Kier alpha value is -1.85. The second-order valence-corrected chi connectivity index (χ2v) is 5.21. The third-order valence-corrected chi connectivity index (χ3v) is 3.81. The Bertz CT molecular complexity index is 695. The van der Waals surface area contributed by atoms with Crippen LogP contribution in [0, 0.1) is 15.9 Å². The van der Waals surface area contributed by atoms with Gasteiger partial charge in [0.2, 0.25) is 0 Å². The number of nitrogens with one attached hydrogen (secondary N) is 1. The van der Waals surface area contributed by atoms with Gasteiger partial charge in [-0.2, -0.15) is 0 Å². The molecule has 0 saturated carbocycles. The number of nitro groups is 1. The highest BCUT2D eigenvalue weighted by molar-refractivity contribution is 6.42. The average molecular weight is 329 g/mol. The number of halogens is 3. The Labute approximate surface area is 130 Å². The molecule has 7 heteroatoms. The summed E-state index contributed by atoms with van der Waals surface area (Å²) in [5.74, 6) is -0.666. The summed E-state index contributed by atoms with van der Waals surface area (Å²) >= 11 is 12.1. The van der Waals surface area contributed by atoms with Gasteiger partial charge in [-0.1, -0.05) is 35.3 Å². The fourth-order valence-corrected chi connectivity index (χ4v) is 2.42.